The molecule has 262 valence electrons. The molecule has 0 unspecified atom stereocenters. The van der Waals surface area contributed by atoms with Crippen LogP contribution in [0.2, 0.25) is 0 Å². The Kier molecular flexibility index (Phi) is 7.42. The van der Waals surface area contributed by atoms with Gasteiger partial charge in [-0.05, 0) is 70.8 Å². The van der Waals surface area contributed by atoms with Crippen LogP contribution in [0.4, 0.5) is 0 Å². The van der Waals surface area contributed by atoms with Gasteiger partial charge in [0.15, 0.2) is 17.5 Å². The molecule has 0 N–H and O–H groups in total. The van der Waals surface area contributed by atoms with E-state index in [0.29, 0.717) is 17.5 Å². The first-order valence-electron chi connectivity index (χ1n) is 18.8. The smallest absolute Gasteiger partial charge is 0.164 e. The van der Waals surface area contributed by atoms with Gasteiger partial charge < -0.3 is 8.98 Å². The van der Waals surface area contributed by atoms with Gasteiger partial charge in [-0.1, -0.05) is 146 Å². The molecule has 8 aromatic carbocycles. The highest BCUT2D eigenvalue weighted by molar-refractivity contribution is 6.24. The van der Waals surface area contributed by atoms with Gasteiger partial charge in [0.25, 0.3) is 0 Å². The topological polar surface area (TPSA) is 56.7 Å². The summed E-state index contributed by atoms with van der Waals surface area (Å²) in [6, 6.07) is 67.4. The van der Waals surface area contributed by atoms with Gasteiger partial charge in [0.05, 0.1) is 16.4 Å². The largest absolute Gasteiger partial charge is 0.456 e. The van der Waals surface area contributed by atoms with Crippen molar-refractivity contribution >= 4 is 43.7 Å². The maximum atomic E-state index is 6.58. The third-order valence-electron chi connectivity index (χ3n) is 10.7. The van der Waals surface area contributed by atoms with Crippen LogP contribution in [-0.4, -0.2) is 19.5 Å². The fraction of sp³-hybridized carbons (Fsp3) is 0. The summed E-state index contributed by atoms with van der Waals surface area (Å²) in [5.41, 5.74) is 12.4. The average molecular weight is 717 g/mol. The van der Waals surface area contributed by atoms with E-state index in [1.54, 1.807) is 0 Å². The van der Waals surface area contributed by atoms with E-state index in [1.165, 1.54) is 27.5 Å². The first kappa shape index (κ1) is 31.9. The van der Waals surface area contributed by atoms with Crippen molar-refractivity contribution in [2.75, 3.05) is 0 Å². The van der Waals surface area contributed by atoms with Crippen molar-refractivity contribution in [1.82, 2.24) is 19.5 Å². The van der Waals surface area contributed by atoms with Crippen LogP contribution in [0.5, 0.6) is 0 Å². The minimum Gasteiger partial charge on any atom is -0.456 e. The molecular formula is C51H32N4O. The fourth-order valence-electron chi connectivity index (χ4n) is 7.95. The van der Waals surface area contributed by atoms with Gasteiger partial charge in [0, 0.05) is 38.5 Å². The number of furan rings is 1. The molecule has 0 atom stereocenters. The normalized spacial score (nSPS) is 11.6. The molecule has 11 aromatic rings. The zero-order chi connectivity index (χ0) is 37.0. The van der Waals surface area contributed by atoms with Gasteiger partial charge in [-0.15, -0.1) is 0 Å². The van der Waals surface area contributed by atoms with Crippen molar-refractivity contribution in [3.63, 3.8) is 0 Å². The summed E-state index contributed by atoms with van der Waals surface area (Å²) in [6.45, 7) is 0. The molecule has 0 fully saturated rings. The molecule has 0 amide bonds. The number of fused-ring (bicyclic) bond motifs is 7. The van der Waals surface area contributed by atoms with Crippen molar-refractivity contribution in [3.05, 3.63) is 194 Å². The second-order valence-electron chi connectivity index (χ2n) is 14.0. The Morgan fingerprint density at radius 2 is 0.804 bits per heavy atom. The molecule has 0 saturated carbocycles. The van der Waals surface area contributed by atoms with Crippen molar-refractivity contribution in [3.8, 4) is 62.1 Å². The summed E-state index contributed by atoms with van der Waals surface area (Å²) in [6.07, 6.45) is 0. The third-order valence-corrected chi connectivity index (χ3v) is 10.7. The van der Waals surface area contributed by atoms with Crippen LogP contribution in [0.15, 0.2) is 199 Å². The van der Waals surface area contributed by atoms with E-state index in [4.69, 9.17) is 19.4 Å². The lowest BCUT2D eigenvalue weighted by Gasteiger charge is -2.10. The van der Waals surface area contributed by atoms with Crippen molar-refractivity contribution in [1.29, 1.82) is 0 Å². The highest BCUT2D eigenvalue weighted by Gasteiger charge is 2.20. The molecule has 5 nitrogen and oxygen atoms in total. The van der Waals surface area contributed by atoms with Crippen molar-refractivity contribution in [2.24, 2.45) is 0 Å². The average Bonchev–Trinajstić information content (AvgIpc) is 3.83. The summed E-state index contributed by atoms with van der Waals surface area (Å²) in [5, 5.41) is 4.41. The Morgan fingerprint density at radius 3 is 1.45 bits per heavy atom. The van der Waals surface area contributed by atoms with Crippen LogP contribution in [0, 0.1) is 0 Å². The number of hydrogen-bond donors (Lipinski definition) is 0. The van der Waals surface area contributed by atoms with Crippen LogP contribution < -0.4 is 0 Å². The molecule has 0 aliphatic carbocycles. The molecular weight excluding hydrogens is 685 g/mol. The number of para-hydroxylation sites is 1. The zero-order valence-electron chi connectivity index (χ0n) is 30.2. The van der Waals surface area contributed by atoms with E-state index in [-0.39, 0.29) is 0 Å². The molecule has 0 bridgehead atoms. The standard InChI is InChI=1S/C51H32N4O/c1-4-12-33(13-5-1)35-20-22-38(23-21-35)50-52-49(37-16-8-3-9-17-37)53-51(54-50)39-26-30-45-43(32-39)47-46(56-45)31-29-42-41-18-10-11-19-44(41)55(48(42)47)40-27-24-36(25-28-40)34-14-6-2-7-15-34/h1-32H. The van der Waals surface area contributed by atoms with Gasteiger partial charge in [-0.3, -0.25) is 0 Å². The van der Waals surface area contributed by atoms with E-state index in [9.17, 15) is 0 Å². The molecule has 11 rings (SSSR count). The maximum Gasteiger partial charge on any atom is 0.164 e. The highest BCUT2D eigenvalue weighted by atomic mass is 16.3. The number of aromatic nitrogens is 4. The second kappa shape index (κ2) is 13.0. The minimum absolute atomic E-state index is 0.599. The fourth-order valence-corrected chi connectivity index (χ4v) is 7.95. The highest BCUT2D eigenvalue weighted by Crippen LogP contribution is 2.42. The SMILES string of the molecule is c1ccc(-c2ccc(-c3nc(-c4ccccc4)nc(-c4ccc5oc6ccc7c8ccccc8n(-c8ccc(-c9ccccc9)cc8)c7c6c5c4)n3)cc2)cc1. The monoisotopic (exact) mass is 716 g/mol. The molecule has 56 heavy (non-hydrogen) atoms. The predicted octanol–water partition coefficient (Wildman–Crippen LogP) is 13.2. The molecule has 0 radical (unpaired) electrons. The summed E-state index contributed by atoms with van der Waals surface area (Å²) < 4.78 is 8.95. The Bertz CT molecular complexity index is 3200. The van der Waals surface area contributed by atoms with E-state index in [2.05, 4.69) is 150 Å². The van der Waals surface area contributed by atoms with Crippen LogP contribution in [0.3, 0.4) is 0 Å². The molecule has 3 aromatic heterocycles. The summed E-state index contributed by atoms with van der Waals surface area (Å²) in [4.78, 5) is 15.2. The van der Waals surface area contributed by atoms with Crippen molar-refractivity contribution in [2.45, 2.75) is 0 Å². The maximum absolute atomic E-state index is 6.58. The van der Waals surface area contributed by atoms with Crippen LogP contribution in [-0.2, 0) is 0 Å². The molecule has 5 heteroatoms. The zero-order valence-corrected chi connectivity index (χ0v) is 30.2. The minimum atomic E-state index is 0.599. The summed E-state index contributed by atoms with van der Waals surface area (Å²) in [5.74, 6) is 1.84. The molecule has 0 saturated heterocycles. The quantitative estimate of drug-likeness (QED) is 0.172. The number of hydrogen-bond acceptors (Lipinski definition) is 4. The van der Waals surface area contributed by atoms with Gasteiger partial charge in [-0.2, -0.15) is 0 Å². The Balaban J connectivity index is 1.10. The van der Waals surface area contributed by atoms with E-state index < -0.39 is 0 Å². The van der Waals surface area contributed by atoms with E-state index in [0.717, 1.165) is 60.9 Å². The lowest BCUT2D eigenvalue weighted by Crippen LogP contribution is -2.00. The molecule has 0 aliphatic rings. The lowest BCUT2D eigenvalue weighted by atomic mass is 10.0. The van der Waals surface area contributed by atoms with Gasteiger partial charge >= 0.3 is 0 Å². The van der Waals surface area contributed by atoms with Crippen LogP contribution in [0.1, 0.15) is 0 Å². The van der Waals surface area contributed by atoms with Crippen molar-refractivity contribution < 1.29 is 4.42 Å². The summed E-state index contributed by atoms with van der Waals surface area (Å²) >= 11 is 0. The Morgan fingerprint density at radius 1 is 0.339 bits per heavy atom. The molecule has 0 aliphatic heterocycles. The lowest BCUT2D eigenvalue weighted by molar-refractivity contribution is 0.669. The van der Waals surface area contributed by atoms with Crippen LogP contribution >= 0.6 is 0 Å². The third kappa shape index (κ3) is 5.37. The van der Waals surface area contributed by atoms with Crippen LogP contribution in [0.25, 0.3) is 106 Å². The van der Waals surface area contributed by atoms with Gasteiger partial charge in [-0.25, -0.2) is 15.0 Å². The predicted molar refractivity (Wildman–Crippen MR) is 229 cm³/mol. The molecule has 0 spiro atoms. The number of nitrogens with zero attached hydrogens (tertiary/aromatic N) is 4. The first-order chi connectivity index (χ1) is 27.7. The van der Waals surface area contributed by atoms with Gasteiger partial charge in [0.2, 0.25) is 0 Å². The molecule has 3 heterocycles. The number of rotatable bonds is 6. The number of benzene rings is 8. The van der Waals surface area contributed by atoms with Gasteiger partial charge in [0.1, 0.15) is 11.2 Å². The first-order valence-corrected chi connectivity index (χ1v) is 18.8. The van der Waals surface area contributed by atoms with E-state index >= 15 is 0 Å². The summed E-state index contributed by atoms with van der Waals surface area (Å²) in [7, 11) is 0. The second-order valence-corrected chi connectivity index (χ2v) is 14.0. The Labute approximate surface area is 322 Å². The Hall–Kier alpha value is -7.63. The van der Waals surface area contributed by atoms with E-state index in [1.807, 2.05) is 48.5 Å².